The minimum Gasteiger partial charge on any atom is -0.489 e. The van der Waals surface area contributed by atoms with Crippen LogP contribution >= 0.6 is 11.6 Å². The van der Waals surface area contributed by atoms with Gasteiger partial charge in [0.25, 0.3) is 0 Å². The SMILES string of the molecule is CCN(CC)C(C)(O)COc1ccc(-c2cc3c(Oc4ccc(NC(=O)NC5CC5)c(Cl)c4)ncnc3n2COCC[Si](C)(C)C)cc1. The van der Waals surface area contributed by atoms with Crippen molar-refractivity contribution in [2.45, 2.75) is 77.8 Å². The molecule has 2 amide bonds. The van der Waals surface area contributed by atoms with Crippen molar-refractivity contribution in [1.82, 2.24) is 24.8 Å². The molecular formula is C35H47ClN6O5Si. The molecule has 1 atom stereocenters. The quantitative estimate of drug-likeness (QED) is 0.0624. The molecule has 258 valence electrons. The van der Waals surface area contributed by atoms with Gasteiger partial charge >= 0.3 is 6.03 Å². The third kappa shape index (κ3) is 9.26. The molecule has 4 aromatic rings. The molecule has 0 aliphatic heterocycles. The first-order valence-corrected chi connectivity index (χ1v) is 20.6. The minimum atomic E-state index is -1.28. The second-order valence-electron chi connectivity index (χ2n) is 13.5. The lowest BCUT2D eigenvalue weighted by Crippen LogP contribution is -2.50. The number of likely N-dealkylation sites (N-methyl/N-ethyl adjacent to an activating group) is 1. The summed E-state index contributed by atoms with van der Waals surface area (Å²) in [6, 6.07) is 15.8. The van der Waals surface area contributed by atoms with Crippen LogP contribution in [-0.4, -0.2) is 76.7 Å². The molecule has 11 nitrogen and oxygen atoms in total. The van der Waals surface area contributed by atoms with Crippen LogP contribution in [0, 0.1) is 0 Å². The lowest BCUT2D eigenvalue weighted by atomic mass is 10.1. The predicted molar refractivity (Wildman–Crippen MR) is 193 cm³/mol. The number of aromatic nitrogens is 3. The molecule has 0 saturated heterocycles. The topological polar surface area (TPSA) is 123 Å². The van der Waals surface area contributed by atoms with Gasteiger partial charge in [-0.3, -0.25) is 4.90 Å². The van der Waals surface area contributed by atoms with E-state index >= 15 is 0 Å². The first-order chi connectivity index (χ1) is 22.9. The third-order valence-electron chi connectivity index (χ3n) is 8.29. The fourth-order valence-corrected chi connectivity index (χ4v) is 6.28. The first kappa shape index (κ1) is 35.6. The Bertz CT molecular complexity index is 1700. The van der Waals surface area contributed by atoms with Gasteiger partial charge in [0.15, 0.2) is 0 Å². The lowest BCUT2D eigenvalue weighted by Gasteiger charge is -2.35. The number of benzene rings is 2. The zero-order valence-corrected chi connectivity index (χ0v) is 30.4. The molecule has 0 bridgehead atoms. The summed E-state index contributed by atoms with van der Waals surface area (Å²) in [5, 5.41) is 17.6. The van der Waals surface area contributed by atoms with Crippen LogP contribution in [0.4, 0.5) is 10.5 Å². The van der Waals surface area contributed by atoms with E-state index in [1.165, 1.54) is 6.33 Å². The average molecular weight is 695 g/mol. The van der Waals surface area contributed by atoms with E-state index in [0.717, 1.165) is 43.2 Å². The second-order valence-corrected chi connectivity index (χ2v) is 19.6. The van der Waals surface area contributed by atoms with Gasteiger partial charge < -0.3 is 34.5 Å². The van der Waals surface area contributed by atoms with Gasteiger partial charge in [0, 0.05) is 26.8 Å². The molecular weight excluding hydrogens is 648 g/mol. The minimum absolute atomic E-state index is 0.143. The van der Waals surface area contributed by atoms with Gasteiger partial charge in [-0.05, 0) is 86.9 Å². The number of nitrogens with zero attached hydrogens (tertiary/aromatic N) is 4. The van der Waals surface area contributed by atoms with E-state index in [1.807, 2.05) is 53.6 Å². The van der Waals surface area contributed by atoms with Gasteiger partial charge in [0.05, 0.1) is 21.8 Å². The summed E-state index contributed by atoms with van der Waals surface area (Å²) in [7, 11) is -1.28. The fourth-order valence-electron chi connectivity index (χ4n) is 5.31. The Hall–Kier alpha value is -3.68. The summed E-state index contributed by atoms with van der Waals surface area (Å²) in [5.41, 5.74) is 1.88. The maximum absolute atomic E-state index is 12.2. The monoisotopic (exact) mass is 694 g/mol. The summed E-state index contributed by atoms with van der Waals surface area (Å²) in [4.78, 5) is 23.2. The Morgan fingerprint density at radius 3 is 2.44 bits per heavy atom. The molecule has 0 radical (unpaired) electrons. The van der Waals surface area contributed by atoms with Crippen molar-refractivity contribution >= 4 is 42.4 Å². The van der Waals surface area contributed by atoms with Crippen LogP contribution in [-0.2, 0) is 11.5 Å². The Balaban J connectivity index is 1.39. The number of aliphatic hydroxyl groups is 1. The molecule has 48 heavy (non-hydrogen) atoms. The van der Waals surface area contributed by atoms with E-state index < -0.39 is 13.8 Å². The van der Waals surface area contributed by atoms with E-state index in [4.69, 9.17) is 25.8 Å². The van der Waals surface area contributed by atoms with Crippen LogP contribution in [0.25, 0.3) is 22.3 Å². The molecule has 0 spiro atoms. The molecule has 1 aliphatic rings. The van der Waals surface area contributed by atoms with Crippen LogP contribution < -0.4 is 20.1 Å². The van der Waals surface area contributed by atoms with Crippen LogP contribution in [0.2, 0.25) is 30.7 Å². The molecule has 13 heteroatoms. The number of carbonyl (C=O) groups excluding carboxylic acids is 1. The molecule has 2 aromatic heterocycles. The number of hydrogen-bond donors (Lipinski definition) is 3. The average Bonchev–Trinajstić information content (AvgIpc) is 3.77. The van der Waals surface area contributed by atoms with Gasteiger partial charge in [0.2, 0.25) is 5.88 Å². The Kier molecular flexibility index (Phi) is 11.3. The molecule has 1 fully saturated rings. The van der Waals surface area contributed by atoms with Crippen molar-refractivity contribution in [2.75, 3.05) is 31.6 Å². The van der Waals surface area contributed by atoms with Crippen molar-refractivity contribution < 1.29 is 24.1 Å². The third-order valence-corrected chi connectivity index (χ3v) is 10.3. The summed E-state index contributed by atoms with van der Waals surface area (Å²) < 4.78 is 20.5. The maximum atomic E-state index is 12.2. The van der Waals surface area contributed by atoms with Gasteiger partial charge in [-0.15, -0.1) is 0 Å². The molecule has 1 saturated carbocycles. The Morgan fingerprint density at radius 1 is 1.08 bits per heavy atom. The summed E-state index contributed by atoms with van der Waals surface area (Å²) >= 11 is 6.51. The molecule has 2 heterocycles. The normalized spacial score (nSPS) is 14.6. The van der Waals surface area contributed by atoms with Crippen LogP contribution in [0.3, 0.4) is 0 Å². The number of halogens is 1. The molecule has 1 aliphatic carbocycles. The maximum Gasteiger partial charge on any atom is 0.319 e. The highest BCUT2D eigenvalue weighted by atomic mass is 35.5. The number of amides is 2. The van der Waals surface area contributed by atoms with Gasteiger partial charge in [-0.1, -0.05) is 45.1 Å². The lowest BCUT2D eigenvalue weighted by molar-refractivity contribution is -0.114. The van der Waals surface area contributed by atoms with Crippen molar-refractivity contribution in [3.8, 4) is 28.6 Å². The van der Waals surface area contributed by atoms with E-state index in [0.29, 0.717) is 52.5 Å². The number of anilines is 1. The van der Waals surface area contributed by atoms with Gasteiger partial charge in [-0.2, -0.15) is 0 Å². The highest BCUT2D eigenvalue weighted by Gasteiger charge is 2.28. The smallest absolute Gasteiger partial charge is 0.319 e. The van der Waals surface area contributed by atoms with Gasteiger partial charge in [0.1, 0.15) is 42.5 Å². The fraction of sp³-hybridized carbons (Fsp3) is 0.457. The van der Waals surface area contributed by atoms with Crippen molar-refractivity contribution in [3.63, 3.8) is 0 Å². The van der Waals surface area contributed by atoms with Crippen molar-refractivity contribution in [2.24, 2.45) is 0 Å². The van der Waals surface area contributed by atoms with Crippen LogP contribution in [0.15, 0.2) is 54.9 Å². The van der Waals surface area contributed by atoms with E-state index in [-0.39, 0.29) is 18.7 Å². The van der Waals surface area contributed by atoms with Gasteiger partial charge in [-0.25, -0.2) is 14.8 Å². The summed E-state index contributed by atoms with van der Waals surface area (Å²) in [6.07, 6.45) is 3.46. The first-order valence-electron chi connectivity index (χ1n) is 16.5. The number of carbonyl (C=O) groups is 1. The molecule has 2 aromatic carbocycles. The van der Waals surface area contributed by atoms with Crippen molar-refractivity contribution in [1.29, 1.82) is 0 Å². The highest BCUT2D eigenvalue weighted by molar-refractivity contribution is 6.76. The number of nitrogens with one attached hydrogen (secondary N) is 2. The second kappa shape index (κ2) is 15.3. The molecule has 3 N–H and O–H groups in total. The zero-order valence-electron chi connectivity index (χ0n) is 28.7. The highest BCUT2D eigenvalue weighted by Crippen LogP contribution is 2.36. The van der Waals surface area contributed by atoms with Crippen LogP contribution in [0.1, 0.15) is 33.6 Å². The standard InChI is InChI=1S/C35H47ClN6O5Si/c1-7-41(8-2)35(3,44)21-46-26-13-9-24(10-14-26)31-20-28-32(42(31)23-45-17-18-48(4,5)6)37-22-38-33(28)47-27-15-16-30(29(36)19-27)40-34(43)39-25-11-12-25/h9-10,13-16,19-20,22,25,44H,7-8,11-12,17-18,21,23H2,1-6H3,(H2,39,40,43). The number of urea groups is 1. The predicted octanol–water partition coefficient (Wildman–Crippen LogP) is 7.57. The van der Waals surface area contributed by atoms with Crippen LogP contribution in [0.5, 0.6) is 17.4 Å². The zero-order chi connectivity index (χ0) is 34.5. The largest absolute Gasteiger partial charge is 0.489 e. The number of ether oxygens (including phenoxy) is 3. The number of hydrogen-bond acceptors (Lipinski definition) is 8. The Labute approximate surface area is 288 Å². The number of fused-ring (bicyclic) bond motifs is 1. The summed E-state index contributed by atoms with van der Waals surface area (Å²) in [6.45, 7) is 15.3. The van der Waals surface area contributed by atoms with E-state index in [9.17, 15) is 9.90 Å². The molecule has 1 unspecified atom stereocenters. The van der Waals surface area contributed by atoms with Crippen molar-refractivity contribution in [3.05, 3.63) is 59.9 Å². The summed E-state index contributed by atoms with van der Waals surface area (Å²) in [5.74, 6) is 1.49. The number of rotatable bonds is 16. The van der Waals surface area contributed by atoms with E-state index in [2.05, 4.69) is 40.2 Å². The Morgan fingerprint density at radius 2 is 1.79 bits per heavy atom. The van der Waals surface area contributed by atoms with E-state index in [1.54, 1.807) is 25.1 Å². The molecule has 5 rings (SSSR count).